The van der Waals surface area contributed by atoms with Gasteiger partial charge in [0.1, 0.15) is 6.61 Å². The lowest BCUT2D eigenvalue weighted by Gasteiger charge is -1.97. The maximum Gasteiger partial charge on any atom is 0.278 e. The quantitative estimate of drug-likeness (QED) is 0.670. The van der Waals surface area contributed by atoms with Crippen LogP contribution in [-0.4, -0.2) is 13.0 Å². The van der Waals surface area contributed by atoms with Gasteiger partial charge in [-0.15, -0.1) is 0 Å². The molecule has 65 valence electrons. The molecule has 2 rings (SSSR count). The van der Waals surface area contributed by atoms with Crippen LogP contribution in [0.5, 0.6) is 0 Å². The summed E-state index contributed by atoms with van der Waals surface area (Å²) in [4.78, 5) is 3.90. The Labute approximate surface area is 81.5 Å². The minimum Gasteiger partial charge on any atom is -0.467 e. The smallest absolute Gasteiger partial charge is 0.278 e. The number of rotatable bonds is 1. The first-order valence-electron chi connectivity index (χ1n) is 3.89. The molecule has 1 aliphatic heterocycles. The molecular weight excluding hydrogens is 186 g/mol. The highest BCUT2D eigenvalue weighted by Crippen LogP contribution is 2.19. The minimum absolute atomic E-state index is 0.477. The van der Waals surface area contributed by atoms with Crippen molar-refractivity contribution < 1.29 is 4.74 Å². The van der Waals surface area contributed by atoms with Gasteiger partial charge in [-0.25, -0.2) is 4.99 Å². The normalized spacial score (nSPS) is 17.8. The lowest BCUT2D eigenvalue weighted by atomic mass is 10.2. The fourth-order valence-corrected chi connectivity index (χ4v) is 1.27. The topological polar surface area (TPSA) is 21.6 Å². The van der Waals surface area contributed by atoms with Crippen LogP contribution in [0.15, 0.2) is 35.0 Å². The second-order valence-electron chi connectivity index (χ2n) is 2.65. The van der Waals surface area contributed by atoms with Crippen LogP contribution in [0.1, 0.15) is 5.56 Å². The average Bonchev–Trinajstić information content (AvgIpc) is 2.61. The van der Waals surface area contributed by atoms with Crippen molar-refractivity contribution >= 4 is 24.1 Å². The fourth-order valence-electron chi connectivity index (χ4n) is 1.07. The second-order valence-corrected chi connectivity index (χ2v) is 3.06. The molecule has 1 radical (unpaired) electrons. The summed E-state index contributed by atoms with van der Waals surface area (Å²) in [6.45, 7) is 0.477. The Kier molecular flexibility index (Phi) is 2.32. The van der Waals surface area contributed by atoms with E-state index in [4.69, 9.17) is 16.3 Å². The van der Waals surface area contributed by atoms with Gasteiger partial charge in [-0.05, 0) is 17.7 Å². The molecule has 0 bridgehead atoms. The molecule has 0 spiro atoms. The highest BCUT2D eigenvalue weighted by atomic mass is 35.5. The summed E-state index contributed by atoms with van der Waals surface area (Å²) in [6.07, 6.45) is 4.32. The van der Waals surface area contributed by atoms with Crippen molar-refractivity contribution in [1.29, 1.82) is 0 Å². The van der Waals surface area contributed by atoms with Crippen LogP contribution in [0.4, 0.5) is 0 Å². The van der Waals surface area contributed by atoms with Gasteiger partial charge >= 0.3 is 0 Å². The predicted molar refractivity (Wildman–Crippen MR) is 52.8 cm³/mol. The van der Waals surface area contributed by atoms with Crippen LogP contribution in [0.3, 0.4) is 0 Å². The Hall–Kier alpha value is -1.28. The zero-order chi connectivity index (χ0) is 9.10. The van der Waals surface area contributed by atoms with E-state index in [2.05, 4.69) is 11.4 Å². The van der Waals surface area contributed by atoms with Crippen molar-refractivity contribution in [2.75, 3.05) is 6.61 Å². The molecule has 3 heteroatoms. The number of aliphatic imine (C=N–C) groups is 1. The van der Waals surface area contributed by atoms with Gasteiger partial charge in [0, 0.05) is 5.02 Å². The molecule has 1 aliphatic rings. The molecule has 0 aromatic heterocycles. The molecule has 0 amide bonds. The lowest BCUT2D eigenvalue weighted by molar-refractivity contribution is 0.379. The van der Waals surface area contributed by atoms with Gasteiger partial charge in [0.2, 0.25) is 0 Å². The van der Waals surface area contributed by atoms with Crippen molar-refractivity contribution in [2.24, 2.45) is 4.99 Å². The van der Waals surface area contributed by atoms with Gasteiger partial charge in [0.05, 0.1) is 5.70 Å². The third-order valence-corrected chi connectivity index (χ3v) is 2.05. The summed E-state index contributed by atoms with van der Waals surface area (Å²) in [5.74, 6) is 0. The monoisotopic (exact) mass is 192 g/mol. The predicted octanol–water partition coefficient (Wildman–Crippen LogP) is 2.62. The maximum atomic E-state index is 5.96. The van der Waals surface area contributed by atoms with Crippen molar-refractivity contribution in [3.05, 3.63) is 40.5 Å². The number of nitrogens with zero attached hydrogens (tertiary/aromatic N) is 1. The van der Waals surface area contributed by atoms with Gasteiger partial charge < -0.3 is 4.74 Å². The largest absolute Gasteiger partial charge is 0.467 e. The Morgan fingerprint density at radius 3 is 3.00 bits per heavy atom. The number of ether oxygens (including phenoxy) is 1. The molecule has 1 aromatic carbocycles. The van der Waals surface area contributed by atoms with Crippen LogP contribution >= 0.6 is 11.6 Å². The molecule has 13 heavy (non-hydrogen) atoms. The molecule has 0 saturated heterocycles. The first kappa shape index (κ1) is 8.32. The molecule has 0 N–H and O–H groups in total. The molecule has 2 nitrogen and oxygen atoms in total. The first-order valence-corrected chi connectivity index (χ1v) is 4.27. The minimum atomic E-state index is 0.477. The molecule has 0 fully saturated rings. The van der Waals surface area contributed by atoms with E-state index in [-0.39, 0.29) is 0 Å². The lowest BCUT2D eigenvalue weighted by Crippen LogP contribution is -1.83. The summed E-state index contributed by atoms with van der Waals surface area (Å²) in [7, 11) is 0. The average molecular weight is 193 g/mol. The van der Waals surface area contributed by atoms with Gasteiger partial charge in [-0.3, -0.25) is 0 Å². The summed E-state index contributed by atoms with van der Waals surface area (Å²) in [5.41, 5.74) is 1.79. The van der Waals surface area contributed by atoms with Crippen molar-refractivity contribution in [3.63, 3.8) is 0 Å². The SMILES string of the molecule is Clc1ccccc1/C=C1/CO[C]=N1. The van der Waals surface area contributed by atoms with E-state index >= 15 is 0 Å². The second kappa shape index (κ2) is 3.62. The standard InChI is InChI=1S/C10H7ClNO/c11-10-4-2-1-3-8(10)5-9-6-13-7-12-9/h1-5H,6H2/b9-5-. The number of hydrogen-bond acceptors (Lipinski definition) is 2. The van der Waals surface area contributed by atoms with Gasteiger partial charge in [-0.2, -0.15) is 0 Å². The molecule has 0 atom stereocenters. The van der Waals surface area contributed by atoms with E-state index in [0.717, 1.165) is 16.3 Å². The Balaban J connectivity index is 2.31. The highest BCUT2D eigenvalue weighted by Gasteiger charge is 2.03. The summed E-state index contributed by atoms with van der Waals surface area (Å²) in [5, 5.41) is 0.720. The van der Waals surface area contributed by atoms with Crippen LogP contribution in [0.25, 0.3) is 6.08 Å². The highest BCUT2D eigenvalue weighted by molar-refractivity contribution is 6.32. The van der Waals surface area contributed by atoms with Crippen molar-refractivity contribution in [2.45, 2.75) is 0 Å². The van der Waals surface area contributed by atoms with E-state index < -0.39 is 0 Å². The third kappa shape index (κ3) is 1.90. The van der Waals surface area contributed by atoms with Crippen LogP contribution in [0, 0.1) is 0 Å². The summed E-state index contributed by atoms with van der Waals surface area (Å²) >= 11 is 5.96. The Bertz CT molecular complexity index is 371. The zero-order valence-electron chi connectivity index (χ0n) is 6.83. The van der Waals surface area contributed by atoms with Crippen molar-refractivity contribution in [1.82, 2.24) is 0 Å². The number of benzene rings is 1. The molecule has 0 aliphatic carbocycles. The molecule has 1 aromatic rings. The van der Waals surface area contributed by atoms with E-state index in [9.17, 15) is 0 Å². The first-order chi connectivity index (χ1) is 6.36. The molecule has 0 unspecified atom stereocenters. The number of halogens is 1. The fraction of sp³-hybridized carbons (Fsp3) is 0.100. The Morgan fingerprint density at radius 1 is 1.46 bits per heavy atom. The zero-order valence-corrected chi connectivity index (χ0v) is 7.58. The van der Waals surface area contributed by atoms with E-state index in [1.165, 1.54) is 0 Å². The van der Waals surface area contributed by atoms with E-state index in [0.29, 0.717) is 6.61 Å². The van der Waals surface area contributed by atoms with Crippen LogP contribution < -0.4 is 0 Å². The van der Waals surface area contributed by atoms with Gasteiger partial charge in [0.25, 0.3) is 6.40 Å². The third-order valence-electron chi connectivity index (χ3n) is 1.70. The van der Waals surface area contributed by atoms with E-state index in [1.54, 1.807) is 0 Å². The van der Waals surface area contributed by atoms with Gasteiger partial charge in [-0.1, -0.05) is 29.8 Å². The van der Waals surface area contributed by atoms with Gasteiger partial charge in [0.15, 0.2) is 0 Å². The van der Waals surface area contributed by atoms with Crippen molar-refractivity contribution in [3.8, 4) is 0 Å². The van der Waals surface area contributed by atoms with Crippen LogP contribution in [-0.2, 0) is 4.74 Å². The Morgan fingerprint density at radius 2 is 2.31 bits per heavy atom. The molecular formula is C10H7ClNO. The van der Waals surface area contributed by atoms with Crippen LogP contribution in [0.2, 0.25) is 5.02 Å². The number of hydrogen-bond donors (Lipinski definition) is 0. The maximum absolute atomic E-state index is 5.96. The molecule has 1 heterocycles. The summed E-state index contributed by atoms with van der Waals surface area (Å²) in [6, 6.07) is 7.60. The molecule has 0 saturated carbocycles. The van der Waals surface area contributed by atoms with E-state index in [1.807, 2.05) is 30.3 Å². The summed E-state index contributed by atoms with van der Waals surface area (Å²) < 4.78 is 4.84.